The maximum Gasteiger partial charge on any atom is 0.255 e. The van der Waals surface area contributed by atoms with Crippen LogP contribution in [0.25, 0.3) is 11.3 Å². The molecule has 4 rings (SSSR count). The van der Waals surface area contributed by atoms with Gasteiger partial charge in [-0.25, -0.2) is 9.97 Å². The Morgan fingerprint density at radius 1 is 1.36 bits per heavy atom. The van der Waals surface area contributed by atoms with Gasteiger partial charge in [-0.05, 0) is 25.5 Å². The second-order valence-corrected chi connectivity index (χ2v) is 9.00. The van der Waals surface area contributed by atoms with Gasteiger partial charge >= 0.3 is 0 Å². The zero-order valence-electron chi connectivity index (χ0n) is 18.7. The molecule has 0 bridgehead atoms. The minimum Gasteiger partial charge on any atom is -0.381 e. The number of Topliss-reactive ketones (excluding diaryl/α,β-unsaturated/α-hetero) is 1. The minimum atomic E-state index is -0.706. The van der Waals surface area contributed by atoms with Crippen molar-refractivity contribution in [3.8, 4) is 11.3 Å². The summed E-state index contributed by atoms with van der Waals surface area (Å²) < 4.78 is 25.5. The number of methoxy groups -OCH3 is 1. The number of ketones is 1. The van der Waals surface area contributed by atoms with Gasteiger partial charge in [0.2, 0.25) is 0 Å². The van der Waals surface area contributed by atoms with E-state index in [1.165, 1.54) is 12.4 Å². The van der Waals surface area contributed by atoms with Gasteiger partial charge in [0.15, 0.2) is 5.82 Å². The van der Waals surface area contributed by atoms with Crippen LogP contribution in [-0.4, -0.2) is 66.3 Å². The van der Waals surface area contributed by atoms with Crippen molar-refractivity contribution in [3.05, 3.63) is 35.1 Å². The third-order valence-corrected chi connectivity index (χ3v) is 6.74. The molecule has 178 valence electrons. The Balaban J connectivity index is 1.51. The fourth-order valence-corrected chi connectivity index (χ4v) is 4.48. The molecule has 10 heteroatoms. The summed E-state index contributed by atoms with van der Waals surface area (Å²) in [7, 11) is 1.65. The molecular weight excluding hydrogens is 449 g/mol. The van der Waals surface area contributed by atoms with E-state index in [1.807, 2.05) is 0 Å². The molecule has 0 aromatic carbocycles. The molecule has 8 nitrogen and oxygen atoms in total. The molecule has 2 N–H and O–H groups in total. The highest BCUT2D eigenvalue weighted by atomic mass is 35.5. The first-order valence-electron chi connectivity index (χ1n) is 11.3. The number of rotatable bonds is 8. The molecule has 2 aliphatic rings. The van der Waals surface area contributed by atoms with Gasteiger partial charge in [-0.3, -0.25) is 9.78 Å². The number of hydrogen-bond acceptors (Lipinski definition) is 8. The third kappa shape index (κ3) is 5.84. The van der Waals surface area contributed by atoms with Crippen LogP contribution in [0.5, 0.6) is 0 Å². The number of anilines is 1. The lowest BCUT2D eigenvalue weighted by Crippen LogP contribution is -2.44. The topological polar surface area (TPSA) is 98.3 Å². The zero-order chi connectivity index (χ0) is 23.3. The van der Waals surface area contributed by atoms with E-state index >= 15 is 0 Å². The fraction of sp³-hybridized carbons (Fsp3) is 0.565. The standard InChI is InChI=1S/C23H29ClFN5O3/c1-32-23(4-7-33-8-5-23)14-29-22-21(25)28-13-19(30-22)17-9-16(27-12-18(17)24)10-20(31)15-3-2-6-26-11-15/h9,12-13,15,26H,2-8,10-11,14H2,1H3,(H,29,30)/t15-/m1/s1. The first kappa shape index (κ1) is 23.9. The molecule has 0 saturated carbocycles. The molecule has 4 heterocycles. The van der Waals surface area contributed by atoms with E-state index in [0.717, 1.165) is 19.4 Å². The average Bonchev–Trinajstić information content (AvgIpc) is 2.86. The highest BCUT2D eigenvalue weighted by molar-refractivity contribution is 6.33. The molecule has 0 aliphatic carbocycles. The molecule has 0 radical (unpaired) electrons. The number of hydrogen-bond donors (Lipinski definition) is 2. The van der Waals surface area contributed by atoms with Crippen molar-refractivity contribution >= 4 is 23.2 Å². The smallest absolute Gasteiger partial charge is 0.255 e. The minimum absolute atomic E-state index is 0.000568. The molecule has 2 fully saturated rings. The Hall–Kier alpha value is -2.20. The van der Waals surface area contributed by atoms with Crippen molar-refractivity contribution in [2.75, 3.05) is 45.3 Å². The van der Waals surface area contributed by atoms with Crippen LogP contribution in [0.2, 0.25) is 5.02 Å². The van der Waals surface area contributed by atoms with Crippen molar-refractivity contribution in [2.24, 2.45) is 5.92 Å². The molecule has 33 heavy (non-hydrogen) atoms. The van der Waals surface area contributed by atoms with Crippen molar-refractivity contribution in [1.29, 1.82) is 0 Å². The van der Waals surface area contributed by atoms with Gasteiger partial charge in [0, 0.05) is 76.0 Å². The van der Waals surface area contributed by atoms with Crippen LogP contribution in [0.1, 0.15) is 31.4 Å². The molecule has 2 aliphatic heterocycles. The summed E-state index contributed by atoms with van der Waals surface area (Å²) in [5.74, 6) is -0.534. The van der Waals surface area contributed by atoms with Crippen LogP contribution in [0.4, 0.5) is 10.2 Å². The van der Waals surface area contributed by atoms with Gasteiger partial charge in [-0.2, -0.15) is 4.39 Å². The number of halogens is 2. The SMILES string of the molecule is COC1(CNc2nc(-c3cc(CC(=O)[C@@H]4CCCNC4)ncc3Cl)cnc2F)CCOCC1. The number of pyridine rings is 1. The van der Waals surface area contributed by atoms with Gasteiger partial charge in [-0.15, -0.1) is 0 Å². The monoisotopic (exact) mass is 477 g/mol. The number of piperidine rings is 1. The van der Waals surface area contributed by atoms with Gasteiger partial charge in [-0.1, -0.05) is 11.6 Å². The van der Waals surface area contributed by atoms with Crippen LogP contribution in [0.15, 0.2) is 18.5 Å². The highest BCUT2D eigenvalue weighted by Gasteiger charge is 2.33. The molecule has 2 aromatic heterocycles. The molecule has 0 amide bonds. The molecule has 1 atom stereocenters. The van der Waals surface area contributed by atoms with E-state index in [1.54, 1.807) is 13.2 Å². The Kier molecular flexibility index (Phi) is 7.85. The van der Waals surface area contributed by atoms with E-state index in [-0.39, 0.29) is 23.9 Å². The third-order valence-electron chi connectivity index (χ3n) is 6.44. The van der Waals surface area contributed by atoms with Gasteiger partial charge < -0.3 is 20.1 Å². The van der Waals surface area contributed by atoms with Gasteiger partial charge in [0.1, 0.15) is 5.78 Å². The van der Waals surface area contributed by atoms with E-state index in [4.69, 9.17) is 21.1 Å². The summed E-state index contributed by atoms with van der Waals surface area (Å²) >= 11 is 6.38. The van der Waals surface area contributed by atoms with Crippen LogP contribution >= 0.6 is 11.6 Å². The maximum absolute atomic E-state index is 14.4. The maximum atomic E-state index is 14.4. The number of ether oxygens (including phenoxy) is 2. The Bertz CT molecular complexity index is 981. The molecule has 2 saturated heterocycles. The Morgan fingerprint density at radius 3 is 2.91 bits per heavy atom. The van der Waals surface area contributed by atoms with Crippen LogP contribution in [0.3, 0.4) is 0 Å². The lowest BCUT2D eigenvalue weighted by atomic mass is 9.92. The largest absolute Gasteiger partial charge is 0.381 e. The fourth-order valence-electron chi connectivity index (χ4n) is 4.28. The Labute approximate surface area is 197 Å². The number of carbonyl (C=O) groups excluding carboxylic acids is 1. The van der Waals surface area contributed by atoms with Crippen LogP contribution in [0, 0.1) is 11.9 Å². The first-order valence-corrected chi connectivity index (χ1v) is 11.6. The molecular formula is C23H29ClFN5O3. The highest BCUT2D eigenvalue weighted by Crippen LogP contribution is 2.29. The summed E-state index contributed by atoms with van der Waals surface area (Å²) in [6.07, 6.45) is 6.34. The van der Waals surface area contributed by atoms with E-state index in [0.29, 0.717) is 61.1 Å². The Morgan fingerprint density at radius 2 is 2.18 bits per heavy atom. The van der Waals surface area contributed by atoms with Crippen molar-refractivity contribution in [3.63, 3.8) is 0 Å². The summed E-state index contributed by atoms with van der Waals surface area (Å²) in [6, 6.07) is 1.73. The van der Waals surface area contributed by atoms with Crippen LogP contribution in [-0.2, 0) is 20.7 Å². The van der Waals surface area contributed by atoms with Gasteiger partial charge in [0.25, 0.3) is 5.95 Å². The van der Waals surface area contributed by atoms with Crippen molar-refractivity contribution in [1.82, 2.24) is 20.3 Å². The first-order chi connectivity index (χ1) is 16.0. The lowest BCUT2D eigenvalue weighted by Gasteiger charge is -2.36. The predicted molar refractivity (Wildman–Crippen MR) is 123 cm³/mol. The summed E-state index contributed by atoms with van der Waals surface area (Å²) in [4.78, 5) is 25.3. The second kappa shape index (κ2) is 10.8. The average molecular weight is 478 g/mol. The summed E-state index contributed by atoms with van der Waals surface area (Å²) in [5.41, 5.74) is 1.11. The van der Waals surface area contributed by atoms with Gasteiger partial charge in [0.05, 0.1) is 22.5 Å². The van der Waals surface area contributed by atoms with E-state index in [2.05, 4.69) is 25.6 Å². The number of nitrogens with one attached hydrogen (secondary N) is 2. The van der Waals surface area contributed by atoms with Crippen LogP contribution < -0.4 is 10.6 Å². The molecule has 2 aromatic rings. The van der Waals surface area contributed by atoms with E-state index in [9.17, 15) is 9.18 Å². The predicted octanol–water partition coefficient (Wildman–Crippen LogP) is 3.05. The second-order valence-electron chi connectivity index (χ2n) is 8.59. The number of carbonyl (C=O) groups is 1. The van der Waals surface area contributed by atoms with Crippen molar-refractivity contribution in [2.45, 2.75) is 37.7 Å². The zero-order valence-corrected chi connectivity index (χ0v) is 19.5. The normalized spacial score (nSPS) is 20.4. The summed E-state index contributed by atoms with van der Waals surface area (Å²) in [5, 5.41) is 6.66. The molecule has 0 unspecified atom stereocenters. The number of aromatic nitrogens is 3. The quantitative estimate of drug-likeness (QED) is 0.598. The summed E-state index contributed by atoms with van der Waals surface area (Å²) in [6.45, 7) is 3.21. The van der Waals surface area contributed by atoms with E-state index < -0.39 is 11.5 Å². The molecule has 0 spiro atoms. The number of nitrogens with zero attached hydrogens (tertiary/aromatic N) is 3. The van der Waals surface area contributed by atoms with Crippen molar-refractivity contribution < 1.29 is 18.7 Å². The lowest BCUT2D eigenvalue weighted by molar-refractivity contribution is -0.122.